The molecule has 2 aliphatic rings. The summed E-state index contributed by atoms with van der Waals surface area (Å²) in [5.74, 6) is -0.414. The van der Waals surface area contributed by atoms with Crippen molar-refractivity contribution in [3.05, 3.63) is 41.4 Å². The number of rotatable bonds is 5. The van der Waals surface area contributed by atoms with Gasteiger partial charge in [-0.05, 0) is 81.5 Å². The number of fused-ring (bicyclic) bond motifs is 1. The number of ether oxygens (including phenoxy) is 1. The Morgan fingerprint density at radius 2 is 1.69 bits per heavy atom. The third-order valence-corrected chi connectivity index (χ3v) is 8.72. The van der Waals surface area contributed by atoms with E-state index in [0.29, 0.717) is 43.9 Å². The monoisotopic (exact) mass is 535 g/mol. The molecular weight excluding hydrogens is 502 g/mol. The molecule has 0 spiro atoms. The number of amides is 2. The van der Waals surface area contributed by atoms with E-state index in [-0.39, 0.29) is 34.6 Å². The molecule has 2 saturated heterocycles. The van der Waals surface area contributed by atoms with E-state index in [0.717, 1.165) is 17.2 Å². The Kier molecular flexibility index (Phi) is 7.83. The highest BCUT2D eigenvalue weighted by atomic mass is 35.5. The second-order valence-corrected chi connectivity index (χ2v) is 13.1. The van der Waals surface area contributed by atoms with Gasteiger partial charge in [0.15, 0.2) is 9.84 Å². The molecular formula is C26H34ClN3O5S. The lowest BCUT2D eigenvalue weighted by Gasteiger charge is -2.34. The molecule has 2 aromatic carbocycles. The molecule has 0 saturated carbocycles. The van der Waals surface area contributed by atoms with Gasteiger partial charge in [-0.1, -0.05) is 23.7 Å². The van der Waals surface area contributed by atoms with Crippen LogP contribution in [-0.4, -0.2) is 67.4 Å². The lowest BCUT2D eigenvalue weighted by Crippen LogP contribution is -2.51. The van der Waals surface area contributed by atoms with Crippen LogP contribution in [0.1, 0.15) is 46.5 Å². The third-order valence-electron chi connectivity index (χ3n) is 6.69. The average Bonchev–Trinajstić information content (AvgIpc) is 3.23. The van der Waals surface area contributed by atoms with Crippen molar-refractivity contribution >= 4 is 44.2 Å². The van der Waals surface area contributed by atoms with Crippen LogP contribution in [0.5, 0.6) is 0 Å². The summed E-state index contributed by atoms with van der Waals surface area (Å²) in [6, 6.07) is 10.1. The fourth-order valence-electron chi connectivity index (χ4n) is 4.78. The zero-order chi connectivity index (χ0) is 26.1. The first-order chi connectivity index (χ1) is 16.9. The zero-order valence-corrected chi connectivity index (χ0v) is 22.6. The van der Waals surface area contributed by atoms with Crippen molar-refractivity contribution in [3.8, 4) is 0 Å². The summed E-state index contributed by atoms with van der Waals surface area (Å²) in [7, 11) is -3.55. The molecule has 0 aromatic heterocycles. The number of hydrazine groups is 1. The van der Waals surface area contributed by atoms with E-state index in [4.69, 9.17) is 16.3 Å². The highest BCUT2D eigenvalue weighted by Crippen LogP contribution is 2.26. The van der Waals surface area contributed by atoms with Crippen LogP contribution < -0.4 is 5.43 Å². The fraction of sp³-hybridized carbons (Fsp3) is 0.538. The average molecular weight is 536 g/mol. The number of hydrogen-bond donors (Lipinski definition) is 1. The minimum atomic E-state index is -3.55. The van der Waals surface area contributed by atoms with Gasteiger partial charge in [0.1, 0.15) is 5.60 Å². The fourth-order valence-corrected chi connectivity index (χ4v) is 6.59. The van der Waals surface area contributed by atoms with Crippen molar-refractivity contribution in [2.45, 2.75) is 63.0 Å². The molecule has 36 heavy (non-hydrogen) atoms. The van der Waals surface area contributed by atoms with Gasteiger partial charge in [0, 0.05) is 36.6 Å². The van der Waals surface area contributed by atoms with Gasteiger partial charge in [-0.3, -0.25) is 10.2 Å². The maximum absolute atomic E-state index is 13.2. The highest BCUT2D eigenvalue weighted by Gasteiger charge is 2.34. The molecule has 196 valence electrons. The number of hydrogen-bond acceptors (Lipinski definition) is 6. The van der Waals surface area contributed by atoms with Gasteiger partial charge in [-0.15, -0.1) is 0 Å². The molecule has 2 amide bonds. The van der Waals surface area contributed by atoms with E-state index in [1.54, 1.807) is 40.2 Å². The molecule has 8 nitrogen and oxygen atoms in total. The van der Waals surface area contributed by atoms with Gasteiger partial charge in [0.25, 0.3) is 0 Å². The Labute approximate surface area is 217 Å². The Bertz CT molecular complexity index is 1240. The third kappa shape index (κ3) is 6.49. The summed E-state index contributed by atoms with van der Waals surface area (Å²) in [6.45, 7) is 7.00. The summed E-state index contributed by atoms with van der Waals surface area (Å²) in [6.07, 6.45) is 2.24. The van der Waals surface area contributed by atoms with Crippen LogP contribution in [-0.2, 0) is 19.4 Å². The van der Waals surface area contributed by atoms with E-state index in [2.05, 4.69) is 5.43 Å². The van der Waals surface area contributed by atoms with Crippen molar-refractivity contribution in [1.82, 2.24) is 15.3 Å². The van der Waals surface area contributed by atoms with E-state index < -0.39 is 15.4 Å². The molecule has 1 atom stereocenters. The molecule has 4 rings (SSSR count). The number of nitrogens with one attached hydrogen (secondary N) is 1. The normalized spacial score (nSPS) is 20.0. The van der Waals surface area contributed by atoms with E-state index in [1.807, 2.05) is 26.8 Å². The molecule has 2 aromatic rings. The smallest absolute Gasteiger partial charge is 0.410 e. The molecule has 1 N–H and O–H groups in total. The van der Waals surface area contributed by atoms with Gasteiger partial charge in [0.05, 0.1) is 10.6 Å². The van der Waals surface area contributed by atoms with Crippen molar-refractivity contribution in [3.63, 3.8) is 0 Å². The van der Waals surface area contributed by atoms with Crippen LogP contribution in [0, 0.1) is 5.92 Å². The number of halogens is 1. The molecule has 0 aliphatic carbocycles. The predicted molar refractivity (Wildman–Crippen MR) is 139 cm³/mol. The standard InChI is InChI=1S/C26H34ClN3O5S/c1-26(2,3)35-25(32)29-13-10-18(11-14-29)24(31)28-30-12-4-5-22(30)17-36(33,34)23-9-7-19-15-21(27)8-6-20(19)16-23/h6-9,15-16,18,22H,4-5,10-14,17H2,1-3H3,(H,28,31)/t22-/m0/s1. The van der Waals surface area contributed by atoms with E-state index >= 15 is 0 Å². The molecule has 2 aliphatic heterocycles. The number of carbonyl (C=O) groups is 2. The summed E-state index contributed by atoms with van der Waals surface area (Å²) in [4.78, 5) is 27.2. The van der Waals surface area contributed by atoms with Crippen molar-refractivity contribution in [2.75, 3.05) is 25.4 Å². The molecule has 0 unspecified atom stereocenters. The lowest BCUT2D eigenvalue weighted by molar-refractivity contribution is -0.131. The molecule has 0 bridgehead atoms. The summed E-state index contributed by atoms with van der Waals surface area (Å²) < 4.78 is 31.9. The summed E-state index contributed by atoms with van der Waals surface area (Å²) in [5, 5.41) is 4.08. The number of carbonyl (C=O) groups excluding carboxylic acids is 2. The van der Waals surface area contributed by atoms with Crippen LogP contribution in [0.4, 0.5) is 4.79 Å². The summed E-state index contributed by atoms with van der Waals surface area (Å²) >= 11 is 6.04. The number of sulfone groups is 1. The summed E-state index contributed by atoms with van der Waals surface area (Å²) in [5.41, 5.74) is 2.41. The largest absolute Gasteiger partial charge is 0.444 e. The maximum Gasteiger partial charge on any atom is 0.410 e. The minimum Gasteiger partial charge on any atom is -0.444 e. The molecule has 0 radical (unpaired) electrons. The molecule has 10 heteroatoms. The second-order valence-electron chi connectivity index (χ2n) is 10.6. The van der Waals surface area contributed by atoms with Gasteiger partial charge >= 0.3 is 6.09 Å². The lowest BCUT2D eigenvalue weighted by atomic mass is 9.96. The first kappa shape index (κ1) is 26.7. The van der Waals surface area contributed by atoms with Gasteiger partial charge in [-0.2, -0.15) is 0 Å². The predicted octanol–water partition coefficient (Wildman–Crippen LogP) is 4.41. The second kappa shape index (κ2) is 10.6. The SMILES string of the molecule is CC(C)(C)OC(=O)N1CCC(C(=O)NN2CCC[C@H]2CS(=O)(=O)c2ccc3cc(Cl)ccc3c2)CC1. The maximum atomic E-state index is 13.2. The van der Waals surface area contributed by atoms with Gasteiger partial charge in [0.2, 0.25) is 5.91 Å². The Morgan fingerprint density at radius 3 is 2.39 bits per heavy atom. The van der Waals surface area contributed by atoms with Gasteiger partial charge in [-0.25, -0.2) is 18.2 Å². The topological polar surface area (TPSA) is 96.0 Å². The zero-order valence-electron chi connectivity index (χ0n) is 21.0. The van der Waals surface area contributed by atoms with Crippen molar-refractivity contribution in [1.29, 1.82) is 0 Å². The first-order valence-electron chi connectivity index (χ1n) is 12.4. The number of nitrogens with zero attached hydrogens (tertiary/aromatic N) is 2. The van der Waals surface area contributed by atoms with Crippen LogP contribution >= 0.6 is 11.6 Å². The van der Waals surface area contributed by atoms with Crippen LogP contribution in [0.3, 0.4) is 0 Å². The first-order valence-corrected chi connectivity index (χ1v) is 14.4. The van der Waals surface area contributed by atoms with Crippen molar-refractivity contribution in [2.24, 2.45) is 5.92 Å². The van der Waals surface area contributed by atoms with E-state index in [9.17, 15) is 18.0 Å². The van der Waals surface area contributed by atoms with Crippen LogP contribution in [0.25, 0.3) is 10.8 Å². The quantitative estimate of drug-likeness (QED) is 0.609. The molecule has 2 heterocycles. The number of piperidine rings is 1. The Hall–Kier alpha value is -2.36. The molecule has 2 fully saturated rings. The Morgan fingerprint density at radius 1 is 1.03 bits per heavy atom. The Balaban J connectivity index is 1.34. The minimum absolute atomic E-state index is 0.0660. The van der Waals surface area contributed by atoms with Crippen LogP contribution in [0.15, 0.2) is 41.3 Å². The number of likely N-dealkylation sites (tertiary alicyclic amines) is 1. The number of benzene rings is 2. The van der Waals surface area contributed by atoms with Crippen molar-refractivity contribution < 1.29 is 22.7 Å². The van der Waals surface area contributed by atoms with Gasteiger partial charge < -0.3 is 9.64 Å². The van der Waals surface area contributed by atoms with Crippen LogP contribution in [0.2, 0.25) is 5.02 Å². The highest BCUT2D eigenvalue weighted by molar-refractivity contribution is 7.91. The van der Waals surface area contributed by atoms with E-state index in [1.165, 1.54) is 0 Å².